The van der Waals surface area contributed by atoms with Gasteiger partial charge in [-0.15, -0.1) is 0 Å². The summed E-state index contributed by atoms with van der Waals surface area (Å²) in [4.78, 5) is 0. The predicted molar refractivity (Wildman–Crippen MR) is 122 cm³/mol. The van der Waals surface area contributed by atoms with Crippen molar-refractivity contribution >= 4 is 0 Å². The van der Waals surface area contributed by atoms with Crippen molar-refractivity contribution in [1.82, 2.24) is 0 Å². The highest BCUT2D eigenvalue weighted by atomic mass is 14.3. The van der Waals surface area contributed by atoms with Crippen LogP contribution in [0.3, 0.4) is 0 Å². The fourth-order valence-electron chi connectivity index (χ4n) is 5.08. The first kappa shape index (κ1) is 19.0. The Morgan fingerprint density at radius 3 is 1.32 bits per heavy atom. The molecule has 0 nitrogen and oxygen atoms in total. The average molecular weight is 369 g/mol. The standard InChI is InChI=1S/C28H32/c1-3-13-23-24(14-4-2)28(22-17-9-6-10-18-22)26-20-12-11-19-25(26)27(23)21-15-7-5-8-16-21/h5-10,15-18H,3-4,11-14,19-20H2,1-2H3. The van der Waals surface area contributed by atoms with E-state index in [4.69, 9.17) is 0 Å². The molecule has 0 radical (unpaired) electrons. The second-order valence-electron chi connectivity index (χ2n) is 8.10. The number of hydrogen-bond acceptors (Lipinski definition) is 0. The topological polar surface area (TPSA) is 0 Å². The molecule has 0 heterocycles. The summed E-state index contributed by atoms with van der Waals surface area (Å²) in [7, 11) is 0. The molecule has 0 aliphatic heterocycles. The Balaban J connectivity index is 2.09. The third kappa shape index (κ3) is 3.53. The minimum Gasteiger partial charge on any atom is -0.0651 e. The van der Waals surface area contributed by atoms with E-state index in [9.17, 15) is 0 Å². The van der Waals surface area contributed by atoms with Crippen LogP contribution in [0.15, 0.2) is 60.7 Å². The van der Waals surface area contributed by atoms with Crippen LogP contribution >= 0.6 is 0 Å². The summed E-state index contributed by atoms with van der Waals surface area (Å²) in [5.41, 5.74) is 12.5. The van der Waals surface area contributed by atoms with Crippen molar-refractivity contribution in [3.8, 4) is 22.3 Å². The Morgan fingerprint density at radius 2 is 0.964 bits per heavy atom. The van der Waals surface area contributed by atoms with E-state index in [-0.39, 0.29) is 0 Å². The summed E-state index contributed by atoms with van der Waals surface area (Å²) in [5.74, 6) is 0. The van der Waals surface area contributed by atoms with E-state index in [0.29, 0.717) is 0 Å². The maximum absolute atomic E-state index is 2.33. The first-order valence-corrected chi connectivity index (χ1v) is 11.1. The average Bonchev–Trinajstić information content (AvgIpc) is 2.75. The zero-order valence-corrected chi connectivity index (χ0v) is 17.4. The van der Waals surface area contributed by atoms with E-state index >= 15 is 0 Å². The number of benzene rings is 3. The second-order valence-corrected chi connectivity index (χ2v) is 8.10. The Bertz CT molecular complexity index is 841. The molecule has 0 bridgehead atoms. The van der Waals surface area contributed by atoms with E-state index in [1.54, 1.807) is 33.4 Å². The molecule has 0 saturated heterocycles. The zero-order valence-electron chi connectivity index (χ0n) is 17.4. The van der Waals surface area contributed by atoms with Crippen molar-refractivity contribution < 1.29 is 0 Å². The molecule has 28 heavy (non-hydrogen) atoms. The lowest BCUT2D eigenvalue weighted by molar-refractivity contribution is 0.684. The van der Waals surface area contributed by atoms with E-state index in [2.05, 4.69) is 74.5 Å². The zero-order chi connectivity index (χ0) is 19.3. The van der Waals surface area contributed by atoms with E-state index in [1.165, 1.54) is 62.5 Å². The third-order valence-corrected chi connectivity index (χ3v) is 6.16. The third-order valence-electron chi connectivity index (χ3n) is 6.16. The minimum absolute atomic E-state index is 1.17. The molecule has 0 amide bonds. The van der Waals surface area contributed by atoms with Gasteiger partial charge in [-0.3, -0.25) is 0 Å². The number of hydrogen-bond donors (Lipinski definition) is 0. The van der Waals surface area contributed by atoms with Crippen LogP contribution in [0.4, 0.5) is 0 Å². The lowest BCUT2D eigenvalue weighted by Gasteiger charge is -2.30. The maximum atomic E-state index is 2.33. The first-order chi connectivity index (χ1) is 13.8. The summed E-state index contributed by atoms with van der Waals surface area (Å²) in [6, 6.07) is 22.4. The molecule has 3 aromatic rings. The smallest absolute Gasteiger partial charge is 0.0114 e. The van der Waals surface area contributed by atoms with Crippen LogP contribution in [-0.2, 0) is 25.7 Å². The molecule has 0 heteroatoms. The van der Waals surface area contributed by atoms with Crippen molar-refractivity contribution in [3.63, 3.8) is 0 Å². The van der Waals surface area contributed by atoms with Gasteiger partial charge in [0.25, 0.3) is 0 Å². The lowest BCUT2D eigenvalue weighted by atomic mass is 9.74. The fraction of sp³-hybridized carbons (Fsp3) is 0.357. The second kappa shape index (κ2) is 8.78. The number of rotatable bonds is 6. The van der Waals surface area contributed by atoms with E-state index in [0.717, 1.165) is 0 Å². The largest absolute Gasteiger partial charge is 0.0651 e. The van der Waals surface area contributed by atoms with Crippen molar-refractivity contribution in [2.24, 2.45) is 0 Å². The Kier molecular flexibility index (Phi) is 5.95. The molecule has 0 aromatic heterocycles. The molecule has 0 N–H and O–H groups in total. The highest BCUT2D eigenvalue weighted by molar-refractivity contribution is 5.84. The van der Waals surface area contributed by atoms with Gasteiger partial charge in [-0.1, -0.05) is 87.4 Å². The van der Waals surface area contributed by atoms with Crippen LogP contribution in [0.25, 0.3) is 22.3 Å². The van der Waals surface area contributed by atoms with E-state index < -0.39 is 0 Å². The lowest BCUT2D eigenvalue weighted by Crippen LogP contribution is -2.13. The summed E-state index contributed by atoms with van der Waals surface area (Å²) in [6.07, 6.45) is 9.83. The van der Waals surface area contributed by atoms with Crippen LogP contribution in [-0.4, -0.2) is 0 Å². The SMILES string of the molecule is CCCc1c(CCC)c(-c2ccccc2)c2c(c1-c1ccccc1)CCCC2. The van der Waals surface area contributed by atoms with Crippen LogP contribution in [0, 0.1) is 0 Å². The molecule has 0 fully saturated rings. The molecule has 0 saturated carbocycles. The van der Waals surface area contributed by atoms with Gasteiger partial charge in [0.1, 0.15) is 0 Å². The molecule has 0 unspecified atom stereocenters. The molecular formula is C28H32. The highest BCUT2D eigenvalue weighted by Gasteiger charge is 2.25. The monoisotopic (exact) mass is 368 g/mol. The van der Waals surface area contributed by atoms with Crippen LogP contribution in [0.2, 0.25) is 0 Å². The number of fused-ring (bicyclic) bond motifs is 1. The molecule has 3 aromatic carbocycles. The summed E-state index contributed by atoms with van der Waals surface area (Å²) in [5, 5.41) is 0. The minimum atomic E-state index is 1.17. The van der Waals surface area contributed by atoms with Crippen molar-refractivity contribution in [1.29, 1.82) is 0 Å². The summed E-state index contributed by atoms with van der Waals surface area (Å²) < 4.78 is 0. The van der Waals surface area contributed by atoms with Gasteiger partial charge in [0.2, 0.25) is 0 Å². The molecular weight excluding hydrogens is 336 g/mol. The molecule has 144 valence electrons. The normalized spacial score (nSPS) is 13.4. The Labute approximate surface area is 170 Å². The molecule has 4 rings (SSSR count). The highest BCUT2D eigenvalue weighted by Crippen LogP contribution is 2.44. The van der Waals surface area contributed by atoms with Crippen LogP contribution in [0.1, 0.15) is 61.8 Å². The molecule has 1 aliphatic carbocycles. The molecule has 0 spiro atoms. The first-order valence-electron chi connectivity index (χ1n) is 11.1. The predicted octanol–water partition coefficient (Wildman–Crippen LogP) is 7.80. The molecule has 1 aliphatic rings. The van der Waals surface area contributed by atoms with Crippen LogP contribution < -0.4 is 0 Å². The van der Waals surface area contributed by atoms with Gasteiger partial charge in [0.05, 0.1) is 0 Å². The van der Waals surface area contributed by atoms with Gasteiger partial charge in [-0.25, -0.2) is 0 Å². The van der Waals surface area contributed by atoms with Crippen molar-refractivity contribution in [2.75, 3.05) is 0 Å². The Morgan fingerprint density at radius 1 is 0.571 bits per heavy atom. The molecule has 0 atom stereocenters. The Hall–Kier alpha value is -2.34. The van der Waals surface area contributed by atoms with Gasteiger partial charge < -0.3 is 0 Å². The van der Waals surface area contributed by atoms with E-state index in [1.807, 2.05) is 0 Å². The summed E-state index contributed by atoms with van der Waals surface area (Å²) in [6.45, 7) is 4.65. The van der Waals surface area contributed by atoms with Crippen molar-refractivity contribution in [2.45, 2.75) is 65.2 Å². The fourth-order valence-corrected chi connectivity index (χ4v) is 5.08. The maximum Gasteiger partial charge on any atom is -0.0114 e. The van der Waals surface area contributed by atoms with Gasteiger partial charge in [-0.2, -0.15) is 0 Å². The summed E-state index contributed by atoms with van der Waals surface area (Å²) >= 11 is 0. The van der Waals surface area contributed by atoms with Gasteiger partial charge in [0, 0.05) is 0 Å². The van der Waals surface area contributed by atoms with Gasteiger partial charge >= 0.3 is 0 Å². The van der Waals surface area contributed by atoms with Crippen LogP contribution in [0.5, 0.6) is 0 Å². The quantitative estimate of drug-likeness (QED) is 0.416. The van der Waals surface area contributed by atoms with Crippen molar-refractivity contribution in [3.05, 3.63) is 82.9 Å². The van der Waals surface area contributed by atoms with Gasteiger partial charge in [0.15, 0.2) is 0 Å². The van der Waals surface area contributed by atoms with Gasteiger partial charge in [-0.05, 0) is 83.0 Å².